The fourth-order valence-electron chi connectivity index (χ4n) is 3.65. The van der Waals surface area contributed by atoms with Crippen molar-refractivity contribution in [3.05, 3.63) is 76.5 Å². The van der Waals surface area contributed by atoms with Crippen molar-refractivity contribution >= 4 is 34.4 Å². The van der Waals surface area contributed by atoms with Crippen LogP contribution in [0.3, 0.4) is 0 Å². The Morgan fingerprint density at radius 2 is 1.86 bits per heavy atom. The van der Waals surface area contributed by atoms with Crippen LogP contribution >= 0.6 is 0 Å². The zero-order valence-electron chi connectivity index (χ0n) is 16.5. The van der Waals surface area contributed by atoms with Gasteiger partial charge in [0.05, 0.1) is 16.8 Å². The molecule has 0 radical (unpaired) electrons. The molecule has 0 bridgehead atoms. The van der Waals surface area contributed by atoms with Gasteiger partial charge in [-0.25, -0.2) is 9.78 Å². The highest BCUT2D eigenvalue weighted by atomic mass is 16.5. The molecule has 0 saturated heterocycles. The second-order valence-corrected chi connectivity index (χ2v) is 7.16. The summed E-state index contributed by atoms with van der Waals surface area (Å²) in [6.07, 6.45) is 3.66. The smallest absolute Gasteiger partial charge is 0.339 e. The summed E-state index contributed by atoms with van der Waals surface area (Å²) in [6.45, 7) is 1.76. The molecule has 0 aliphatic heterocycles. The molecule has 0 saturated carbocycles. The van der Waals surface area contributed by atoms with Gasteiger partial charge in [0.1, 0.15) is 0 Å². The number of hydrogen-bond donors (Lipinski definition) is 1. The number of fused-ring (bicyclic) bond motifs is 2. The third-order valence-electron chi connectivity index (χ3n) is 5.18. The van der Waals surface area contributed by atoms with Gasteiger partial charge in [-0.3, -0.25) is 4.79 Å². The molecule has 1 amide bonds. The largest absolute Gasteiger partial charge is 0.452 e. The number of benzene rings is 2. The first-order valence-corrected chi connectivity index (χ1v) is 9.63. The molecule has 1 aromatic heterocycles. The van der Waals surface area contributed by atoms with E-state index < -0.39 is 5.97 Å². The summed E-state index contributed by atoms with van der Waals surface area (Å²) < 4.78 is 5.28. The fraction of sp³-hybridized carbons (Fsp3) is 0.208. The lowest BCUT2D eigenvalue weighted by Crippen LogP contribution is -2.25. The molecule has 0 spiro atoms. The van der Waals surface area contributed by atoms with Gasteiger partial charge in [0, 0.05) is 12.4 Å². The quantitative estimate of drug-likeness (QED) is 0.690. The predicted octanol–water partition coefficient (Wildman–Crippen LogP) is 3.93. The van der Waals surface area contributed by atoms with Crippen LogP contribution in [-0.4, -0.2) is 30.5 Å². The third kappa shape index (κ3) is 3.76. The van der Waals surface area contributed by atoms with Crippen LogP contribution < -0.4 is 5.32 Å². The van der Waals surface area contributed by atoms with Crippen molar-refractivity contribution in [2.24, 2.45) is 0 Å². The Hall–Kier alpha value is -3.47. The highest BCUT2D eigenvalue weighted by Crippen LogP contribution is 2.37. The first-order chi connectivity index (χ1) is 14.1. The van der Waals surface area contributed by atoms with Crippen molar-refractivity contribution in [3.8, 4) is 0 Å². The number of ether oxygens (including phenoxy) is 1. The Kier molecular flexibility index (Phi) is 5.12. The van der Waals surface area contributed by atoms with Gasteiger partial charge in [0.15, 0.2) is 6.61 Å². The summed E-state index contributed by atoms with van der Waals surface area (Å²) in [7, 11) is 1.51. The van der Waals surface area contributed by atoms with E-state index in [1.54, 1.807) is 0 Å². The molecule has 29 heavy (non-hydrogen) atoms. The van der Waals surface area contributed by atoms with Crippen LogP contribution in [0.15, 0.2) is 48.5 Å². The number of nitrogens with zero attached hydrogens (tertiary/aromatic N) is 1. The van der Waals surface area contributed by atoms with Crippen LogP contribution in [0, 0.1) is 6.92 Å². The van der Waals surface area contributed by atoms with Crippen molar-refractivity contribution in [1.82, 2.24) is 10.3 Å². The molecule has 1 aliphatic rings. The molecule has 1 heterocycles. The van der Waals surface area contributed by atoms with Crippen LogP contribution in [0.25, 0.3) is 22.6 Å². The van der Waals surface area contributed by atoms with Crippen molar-refractivity contribution in [3.63, 3.8) is 0 Å². The van der Waals surface area contributed by atoms with Gasteiger partial charge in [-0.2, -0.15) is 0 Å². The summed E-state index contributed by atoms with van der Waals surface area (Å²) in [4.78, 5) is 29.3. The number of aryl methyl sites for hydroxylation is 1. The second-order valence-electron chi connectivity index (χ2n) is 7.16. The second kappa shape index (κ2) is 7.87. The van der Waals surface area contributed by atoms with Crippen LogP contribution in [-0.2, 0) is 16.0 Å². The molecule has 0 unspecified atom stereocenters. The lowest BCUT2D eigenvalue weighted by Gasteiger charge is -2.12. The lowest BCUT2D eigenvalue weighted by molar-refractivity contribution is -0.123. The van der Waals surface area contributed by atoms with Gasteiger partial charge >= 0.3 is 5.97 Å². The summed E-state index contributed by atoms with van der Waals surface area (Å²) in [6, 6.07) is 15.9. The Morgan fingerprint density at radius 3 is 2.62 bits per heavy atom. The minimum absolute atomic E-state index is 0.299. The number of allylic oxidation sites excluding steroid dienone is 1. The number of pyridine rings is 1. The number of aromatic nitrogens is 1. The van der Waals surface area contributed by atoms with Gasteiger partial charge in [-0.15, -0.1) is 0 Å². The number of rotatable bonds is 4. The Bertz CT molecular complexity index is 1130. The fourth-order valence-corrected chi connectivity index (χ4v) is 3.65. The molecule has 1 N–H and O–H groups in total. The SMILES string of the molecule is CNC(=O)COC(=O)c1c2c(nc3ccccc13)/C(=C/c1ccc(C)cc1)CC2. The number of amides is 1. The minimum atomic E-state index is -0.486. The molecule has 0 atom stereocenters. The minimum Gasteiger partial charge on any atom is -0.452 e. The van der Waals surface area contributed by atoms with Gasteiger partial charge in [0.2, 0.25) is 0 Å². The molecule has 1 aliphatic carbocycles. The van der Waals surface area contributed by atoms with Crippen molar-refractivity contribution in [1.29, 1.82) is 0 Å². The van der Waals surface area contributed by atoms with Crippen LogP contribution in [0.4, 0.5) is 0 Å². The summed E-state index contributed by atoms with van der Waals surface area (Å²) in [5, 5.41) is 3.22. The number of carbonyl (C=O) groups excluding carboxylic acids is 2. The van der Waals surface area contributed by atoms with Gasteiger partial charge in [-0.1, -0.05) is 48.0 Å². The van der Waals surface area contributed by atoms with E-state index >= 15 is 0 Å². The first-order valence-electron chi connectivity index (χ1n) is 9.63. The zero-order valence-corrected chi connectivity index (χ0v) is 16.5. The van der Waals surface area contributed by atoms with E-state index in [1.165, 1.54) is 12.6 Å². The Labute approximate surface area is 169 Å². The molecule has 146 valence electrons. The van der Waals surface area contributed by atoms with Crippen LogP contribution in [0.2, 0.25) is 0 Å². The number of hydrogen-bond acceptors (Lipinski definition) is 4. The number of esters is 1. The van der Waals surface area contributed by atoms with E-state index in [9.17, 15) is 9.59 Å². The summed E-state index contributed by atoms with van der Waals surface area (Å²) >= 11 is 0. The number of para-hydroxylation sites is 1. The predicted molar refractivity (Wildman–Crippen MR) is 113 cm³/mol. The number of carbonyl (C=O) groups is 2. The van der Waals surface area contributed by atoms with Crippen molar-refractivity contribution < 1.29 is 14.3 Å². The molecule has 4 rings (SSSR count). The first kappa shape index (κ1) is 18.9. The molecule has 5 nitrogen and oxygen atoms in total. The average Bonchev–Trinajstić information content (AvgIpc) is 3.13. The maximum absolute atomic E-state index is 12.9. The normalized spacial score (nSPS) is 14.1. The Balaban J connectivity index is 1.80. The highest BCUT2D eigenvalue weighted by molar-refractivity contribution is 6.07. The Morgan fingerprint density at radius 1 is 1.10 bits per heavy atom. The maximum atomic E-state index is 12.9. The van der Waals surface area contributed by atoms with Crippen LogP contribution in [0.1, 0.15) is 39.2 Å². The number of nitrogens with one attached hydrogen (secondary N) is 1. The van der Waals surface area contributed by atoms with Gasteiger partial charge in [-0.05, 0) is 48.6 Å². The van der Waals surface area contributed by atoms with Crippen molar-refractivity contribution in [2.45, 2.75) is 19.8 Å². The summed E-state index contributed by atoms with van der Waals surface area (Å²) in [5.74, 6) is -0.826. The molecule has 0 fully saturated rings. The van der Waals surface area contributed by atoms with E-state index in [2.05, 4.69) is 42.6 Å². The van der Waals surface area contributed by atoms with E-state index in [0.29, 0.717) is 5.56 Å². The van der Waals surface area contributed by atoms with E-state index in [0.717, 1.165) is 46.1 Å². The maximum Gasteiger partial charge on any atom is 0.339 e. The van der Waals surface area contributed by atoms with Crippen molar-refractivity contribution in [2.75, 3.05) is 13.7 Å². The van der Waals surface area contributed by atoms with Crippen LogP contribution in [0.5, 0.6) is 0 Å². The topological polar surface area (TPSA) is 68.3 Å². The molecule has 3 aromatic rings. The summed E-state index contributed by atoms with van der Waals surface area (Å²) in [5.41, 5.74) is 6.42. The van der Waals surface area contributed by atoms with E-state index in [4.69, 9.17) is 9.72 Å². The van der Waals surface area contributed by atoms with Gasteiger partial charge < -0.3 is 10.1 Å². The van der Waals surface area contributed by atoms with E-state index in [-0.39, 0.29) is 12.5 Å². The molecular weight excluding hydrogens is 364 g/mol. The monoisotopic (exact) mass is 386 g/mol. The standard InChI is InChI=1S/C24H22N2O3/c1-15-7-9-16(10-8-15)13-17-11-12-19-22(24(28)29-14-21(27)25-2)18-5-3-4-6-20(18)26-23(17)19/h3-10,13H,11-12,14H2,1-2H3,(H,25,27)/b17-13+. The molecule has 5 heteroatoms. The highest BCUT2D eigenvalue weighted by Gasteiger charge is 2.27. The number of likely N-dealkylation sites (N-methyl/N-ethyl adjacent to an activating group) is 1. The van der Waals surface area contributed by atoms with Gasteiger partial charge in [0.25, 0.3) is 5.91 Å². The third-order valence-corrected chi connectivity index (χ3v) is 5.18. The molecular formula is C24H22N2O3. The molecule has 2 aromatic carbocycles. The zero-order chi connectivity index (χ0) is 20.4. The average molecular weight is 386 g/mol. The lowest BCUT2D eigenvalue weighted by atomic mass is 10.0. The van der Waals surface area contributed by atoms with E-state index in [1.807, 2.05) is 24.3 Å².